The van der Waals surface area contributed by atoms with Gasteiger partial charge in [0.25, 0.3) is 0 Å². The number of alkyl halides is 3. The van der Waals surface area contributed by atoms with Crippen molar-refractivity contribution in [3.63, 3.8) is 0 Å². The molecule has 2 atom stereocenters. The highest BCUT2D eigenvalue weighted by molar-refractivity contribution is 5.77. The Morgan fingerprint density at radius 1 is 1.12 bits per heavy atom. The summed E-state index contributed by atoms with van der Waals surface area (Å²) in [5.74, 6) is -4.65. The maximum atomic E-state index is 12.9. The molecule has 1 aliphatic carbocycles. The molecule has 0 radical (unpaired) electrons. The van der Waals surface area contributed by atoms with E-state index in [4.69, 9.17) is 5.11 Å². The van der Waals surface area contributed by atoms with Gasteiger partial charge in [-0.25, -0.2) is 0 Å². The van der Waals surface area contributed by atoms with Crippen LogP contribution in [0.1, 0.15) is 36.0 Å². The Balaban J connectivity index is 1.88. The van der Waals surface area contributed by atoms with Gasteiger partial charge in [0, 0.05) is 0 Å². The van der Waals surface area contributed by atoms with Gasteiger partial charge in [-0.15, -0.1) is 0 Å². The molecule has 1 aliphatic rings. The Bertz CT molecular complexity index is 780. The van der Waals surface area contributed by atoms with E-state index in [1.807, 2.05) is 42.5 Å². The molecule has 2 unspecified atom stereocenters. The van der Waals surface area contributed by atoms with Crippen molar-refractivity contribution in [2.75, 3.05) is 0 Å². The van der Waals surface area contributed by atoms with E-state index in [9.17, 15) is 18.0 Å². The summed E-state index contributed by atoms with van der Waals surface area (Å²) in [4.78, 5) is 10.9. The highest BCUT2D eigenvalue weighted by Gasteiger charge is 2.45. The minimum Gasteiger partial charge on any atom is -0.481 e. The first-order chi connectivity index (χ1) is 11.3. The summed E-state index contributed by atoms with van der Waals surface area (Å²) in [7, 11) is 0. The number of benzene rings is 2. The van der Waals surface area contributed by atoms with Gasteiger partial charge in [0.1, 0.15) is 0 Å². The van der Waals surface area contributed by atoms with Crippen molar-refractivity contribution < 1.29 is 23.1 Å². The highest BCUT2D eigenvalue weighted by atomic mass is 19.4. The second kappa shape index (κ2) is 5.96. The van der Waals surface area contributed by atoms with Gasteiger partial charge in [0.05, 0.1) is 0 Å². The first-order valence-corrected chi connectivity index (χ1v) is 7.78. The molecule has 24 heavy (non-hydrogen) atoms. The van der Waals surface area contributed by atoms with Crippen LogP contribution in [0.5, 0.6) is 0 Å². The number of carbonyl (C=O) groups is 1. The Labute approximate surface area is 137 Å². The van der Waals surface area contributed by atoms with Gasteiger partial charge in [-0.05, 0) is 46.6 Å². The quantitative estimate of drug-likeness (QED) is 0.728. The topological polar surface area (TPSA) is 37.3 Å². The van der Waals surface area contributed by atoms with Crippen LogP contribution in [-0.2, 0) is 11.2 Å². The monoisotopic (exact) mass is 334 g/mol. The average Bonchev–Trinajstić information content (AvgIpc) is 2.88. The summed E-state index contributed by atoms with van der Waals surface area (Å²) in [5, 5.41) is 8.87. The van der Waals surface area contributed by atoms with Gasteiger partial charge in [-0.2, -0.15) is 13.2 Å². The smallest absolute Gasteiger partial charge is 0.402 e. The van der Waals surface area contributed by atoms with Crippen molar-refractivity contribution in [2.24, 2.45) is 5.92 Å². The Hall–Kier alpha value is -2.30. The third-order valence-electron chi connectivity index (χ3n) is 4.67. The van der Waals surface area contributed by atoms with E-state index < -0.39 is 30.4 Å². The summed E-state index contributed by atoms with van der Waals surface area (Å²) in [5.41, 5.74) is 5.23. The van der Waals surface area contributed by atoms with Crippen LogP contribution in [0.3, 0.4) is 0 Å². The van der Waals surface area contributed by atoms with E-state index in [2.05, 4.69) is 0 Å². The van der Waals surface area contributed by atoms with Gasteiger partial charge in [0.2, 0.25) is 0 Å². The molecule has 0 heterocycles. The molecule has 5 heteroatoms. The van der Waals surface area contributed by atoms with Crippen LogP contribution in [0.25, 0.3) is 11.1 Å². The highest BCUT2D eigenvalue weighted by Crippen LogP contribution is 2.40. The predicted molar refractivity (Wildman–Crippen MR) is 84.9 cm³/mol. The molecule has 0 amide bonds. The molecule has 3 rings (SSSR count). The van der Waals surface area contributed by atoms with E-state index >= 15 is 0 Å². The molecule has 2 aromatic carbocycles. The van der Waals surface area contributed by atoms with Crippen molar-refractivity contribution in [1.29, 1.82) is 0 Å². The third-order valence-corrected chi connectivity index (χ3v) is 4.67. The van der Waals surface area contributed by atoms with Gasteiger partial charge >= 0.3 is 12.1 Å². The molecule has 0 bridgehead atoms. The van der Waals surface area contributed by atoms with Crippen molar-refractivity contribution in [3.8, 4) is 11.1 Å². The second-order valence-corrected chi connectivity index (χ2v) is 6.32. The Kier molecular flexibility index (Phi) is 4.11. The van der Waals surface area contributed by atoms with Crippen molar-refractivity contribution in [3.05, 3.63) is 59.2 Å². The number of hydrogen-bond donors (Lipinski definition) is 1. The summed E-state index contributed by atoms with van der Waals surface area (Å²) in [6.07, 6.45) is -4.37. The van der Waals surface area contributed by atoms with Crippen molar-refractivity contribution in [2.45, 2.75) is 31.9 Å². The lowest BCUT2D eigenvalue weighted by molar-refractivity contribution is -0.195. The zero-order valence-corrected chi connectivity index (χ0v) is 13.1. The normalized spacial score (nSPS) is 15.5. The maximum Gasteiger partial charge on any atom is 0.402 e. The lowest BCUT2D eigenvalue weighted by atomic mass is 9.88. The van der Waals surface area contributed by atoms with Crippen molar-refractivity contribution >= 4 is 5.97 Å². The van der Waals surface area contributed by atoms with Crippen LogP contribution in [0.4, 0.5) is 13.2 Å². The van der Waals surface area contributed by atoms with E-state index in [0.717, 1.165) is 28.7 Å². The number of hydrogen-bond acceptors (Lipinski definition) is 1. The first kappa shape index (κ1) is 16.6. The zero-order chi connectivity index (χ0) is 17.5. The number of carboxylic acid groups (broad SMARTS) is 1. The molecule has 2 nitrogen and oxygen atoms in total. The van der Waals surface area contributed by atoms with E-state index in [-0.39, 0.29) is 0 Å². The molecule has 0 aliphatic heterocycles. The van der Waals surface area contributed by atoms with Gasteiger partial charge < -0.3 is 5.11 Å². The molecule has 2 aromatic rings. The molecule has 0 aromatic heterocycles. The van der Waals surface area contributed by atoms with Crippen LogP contribution in [-0.4, -0.2) is 17.3 Å². The van der Waals surface area contributed by atoms with Gasteiger partial charge in [-0.3, -0.25) is 4.79 Å². The second-order valence-electron chi connectivity index (χ2n) is 6.32. The minimum atomic E-state index is -4.73. The van der Waals surface area contributed by atoms with Crippen molar-refractivity contribution in [1.82, 2.24) is 0 Å². The maximum absolute atomic E-state index is 12.9. The number of carboxylic acids is 1. The van der Waals surface area contributed by atoms with Crippen LogP contribution >= 0.6 is 0 Å². The van der Waals surface area contributed by atoms with E-state index in [1.165, 1.54) is 5.56 Å². The Morgan fingerprint density at radius 2 is 1.79 bits per heavy atom. The van der Waals surface area contributed by atoms with Crippen LogP contribution in [0.15, 0.2) is 42.5 Å². The SMILES string of the molecule is CC(CC(C(=O)O)C(F)(F)F)c1ccc2c(c1)-c1ccccc1C2. The fraction of sp³-hybridized carbons (Fsp3) is 0.316. The van der Waals surface area contributed by atoms with Gasteiger partial charge in [0.15, 0.2) is 5.92 Å². The standard InChI is InChI=1S/C19H17F3O2/c1-11(8-17(18(23)24)19(20,21)22)12-6-7-14-9-13-4-2-3-5-15(13)16(14)10-12/h2-7,10-11,17H,8-9H2,1H3,(H,23,24). The average molecular weight is 334 g/mol. The number of rotatable bonds is 4. The fourth-order valence-corrected chi connectivity index (χ4v) is 3.31. The largest absolute Gasteiger partial charge is 0.481 e. The first-order valence-electron chi connectivity index (χ1n) is 7.78. The van der Waals surface area contributed by atoms with Gasteiger partial charge in [-0.1, -0.05) is 49.4 Å². The fourth-order valence-electron chi connectivity index (χ4n) is 3.31. The summed E-state index contributed by atoms with van der Waals surface area (Å²) >= 11 is 0. The predicted octanol–water partition coefficient (Wildman–Crippen LogP) is 5.01. The molecule has 126 valence electrons. The third kappa shape index (κ3) is 3.03. The summed E-state index contributed by atoms with van der Waals surface area (Å²) < 4.78 is 38.6. The molecule has 0 fully saturated rings. The number of fused-ring (bicyclic) bond motifs is 3. The Morgan fingerprint density at radius 3 is 2.46 bits per heavy atom. The lowest BCUT2D eigenvalue weighted by Gasteiger charge is -2.21. The zero-order valence-electron chi connectivity index (χ0n) is 13.1. The van der Waals surface area contributed by atoms with Crippen LogP contribution in [0.2, 0.25) is 0 Å². The summed E-state index contributed by atoms with van der Waals surface area (Å²) in [6, 6.07) is 13.6. The molecule has 0 saturated carbocycles. The molecule has 1 N–H and O–H groups in total. The lowest BCUT2D eigenvalue weighted by Crippen LogP contribution is -2.31. The molecular weight excluding hydrogens is 317 g/mol. The summed E-state index contributed by atoms with van der Waals surface area (Å²) in [6.45, 7) is 1.64. The number of halogens is 3. The van der Waals surface area contributed by atoms with E-state index in [0.29, 0.717) is 0 Å². The molecule has 0 spiro atoms. The molecular formula is C19H17F3O2. The number of aliphatic carboxylic acids is 1. The van der Waals surface area contributed by atoms with E-state index in [1.54, 1.807) is 6.92 Å². The van der Waals surface area contributed by atoms with Crippen LogP contribution in [0, 0.1) is 5.92 Å². The van der Waals surface area contributed by atoms with Crippen LogP contribution < -0.4 is 0 Å². The molecule has 0 saturated heterocycles. The minimum absolute atomic E-state index is 0.459.